The average molecular weight is 508 g/mol. The summed E-state index contributed by atoms with van der Waals surface area (Å²) in [6.45, 7) is 1.01. The normalized spacial score (nSPS) is 14.8. The second kappa shape index (κ2) is 9.30. The van der Waals surface area contributed by atoms with Crippen LogP contribution in [0.15, 0.2) is 94.7 Å². The zero-order valence-corrected chi connectivity index (χ0v) is 20.2. The highest BCUT2D eigenvalue weighted by molar-refractivity contribution is 7.89. The van der Waals surface area contributed by atoms with Gasteiger partial charge < -0.3 is 4.90 Å². The molecule has 4 aromatic rings. The lowest BCUT2D eigenvalue weighted by Crippen LogP contribution is -2.50. The van der Waals surface area contributed by atoms with E-state index in [1.165, 1.54) is 14.9 Å². The van der Waals surface area contributed by atoms with Crippen LogP contribution in [0.1, 0.15) is 10.4 Å². The van der Waals surface area contributed by atoms with Crippen LogP contribution in [0.4, 0.5) is 0 Å². The topological polar surface area (TPSA) is 79.7 Å². The number of fused-ring (bicyclic) bond motifs is 1. The summed E-state index contributed by atoms with van der Waals surface area (Å²) >= 11 is 6.02. The molecule has 1 fully saturated rings. The molecule has 1 saturated heterocycles. The second-order valence-electron chi connectivity index (χ2n) is 8.31. The Morgan fingerprint density at radius 2 is 1.49 bits per heavy atom. The zero-order valence-electron chi connectivity index (χ0n) is 18.7. The zero-order chi connectivity index (χ0) is 24.6. The van der Waals surface area contributed by atoms with E-state index in [9.17, 15) is 18.0 Å². The molecule has 178 valence electrons. The van der Waals surface area contributed by atoms with E-state index in [-0.39, 0.29) is 29.5 Å². The molecule has 9 heteroatoms. The van der Waals surface area contributed by atoms with Crippen LogP contribution >= 0.6 is 11.6 Å². The number of amides is 1. The van der Waals surface area contributed by atoms with Crippen LogP contribution in [0, 0.1) is 0 Å². The molecule has 0 unspecified atom stereocenters. The molecular formula is C26H22ClN3O4S. The molecule has 0 N–H and O–H groups in total. The minimum atomic E-state index is -3.69. The van der Waals surface area contributed by atoms with Crippen molar-refractivity contribution in [2.24, 2.45) is 0 Å². The molecule has 35 heavy (non-hydrogen) atoms. The van der Waals surface area contributed by atoms with Gasteiger partial charge in [0.1, 0.15) is 0 Å². The maximum absolute atomic E-state index is 13.2. The number of hydrogen-bond acceptors (Lipinski definition) is 4. The standard InChI is InChI=1S/C26H22ClN3O4S/c27-22-8-4-21-18-24(11-7-20(21)17-22)35(33,34)29-15-13-28(14-16-29)26(32)19-5-9-23(10-6-19)30-12-2-1-3-25(30)31/h1-12,17-18H,13-16H2. The summed E-state index contributed by atoms with van der Waals surface area (Å²) in [5, 5.41) is 2.26. The third kappa shape index (κ3) is 4.60. The van der Waals surface area contributed by atoms with E-state index in [0.717, 1.165) is 10.8 Å². The smallest absolute Gasteiger partial charge is 0.255 e. The number of sulfonamides is 1. The molecule has 1 aromatic heterocycles. The van der Waals surface area contributed by atoms with Gasteiger partial charge in [-0.2, -0.15) is 4.31 Å². The molecule has 1 amide bonds. The first-order chi connectivity index (χ1) is 16.8. The van der Waals surface area contributed by atoms with Gasteiger partial charge in [0, 0.05) is 54.7 Å². The van der Waals surface area contributed by atoms with E-state index < -0.39 is 10.0 Å². The van der Waals surface area contributed by atoms with Gasteiger partial charge in [-0.1, -0.05) is 29.8 Å². The summed E-state index contributed by atoms with van der Waals surface area (Å²) in [7, 11) is -3.69. The van der Waals surface area contributed by atoms with Crippen molar-refractivity contribution in [3.8, 4) is 5.69 Å². The summed E-state index contributed by atoms with van der Waals surface area (Å²) in [4.78, 5) is 26.9. The minimum absolute atomic E-state index is 0.154. The lowest BCUT2D eigenvalue weighted by Gasteiger charge is -2.34. The number of pyridine rings is 1. The van der Waals surface area contributed by atoms with Crippen LogP contribution in [0.2, 0.25) is 5.02 Å². The predicted molar refractivity (Wildman–Crippen MR) is 136 cm³/mol. The van der Waals surface area contributed by atoms with E-state index >= 15 is 0 Å². The van der Waals surface area contributed by atoms with E-state index in [0.29, 0.717) is 29.4 Å². The number of nitrogens with zero attached hydrogens (tertiary/aromatic N) is 3. The SMILES string of the molecule is O=C(c1ccc(-n2ccccc2=O)cc1)N1CCN(S(=O)(=O)c2ccc3cc(Cl)ccc3c2)CC1. The Labute approximate surface area is 207 Å². The maximum Gasteiger partial charge on any atom is 0.255 e. The molecule has 1 aliphatic heterocycles. The van der Waals surface area contributed by atoms with E-state index in [1.807, 2.05) is 0 Å². The summed E-state index contributed by atoms with van der Waals surface area (Å²) < 4.78 is 29.3. The molecular weight excluding hydrogens is 486 g/mol. The molecule has 5 rings (SSSR count). The Morgan fingerprint density at radius 3 is 2.20 bits per heavy atom. The van der Waals surface area contributed by atoms with E-state index in [2.05, 4.69) is 0 Å². The van der Waals surface area contributed by atoms with Crippen molar-refractivity contribution >= 4 is 38.3 Å². The Morgan fingerprint density at radius 1 is 0.800 bits per heavy atom. The van der Waals surface area contributed by atoms with Crippen molar-refractivity contribution in [1.82, 2.24) is 13.8 Å². The van der Waals surface area contributed by atoms with Crippen LogP contribution in [-0.4, -0.2) is 54.3 Å². The van der Waals surface area contributed by atoms with Gasteiger partial charge in [0.05, 0.1) is 4.90 Å². The molecule has 0 spiro atoms. The predicted octanol–water partition coefficient (Wildman–Crippen LogP) is 3.79. The fourth-order valence-electron chi connectivity index (χ4n) is 4.22. The first-order valence-electron chi connectivity index (χ1n) is 11.1. The van der Waals surface area contributed by atoms with Crippen LogP contribution in [0.25, 0.3) is 16.5 Å². The first-order valence-corrected chi connectivity index (χ1v) is 12.9. The maximum atomic E-state index is 13.2. The van der Waals surface area contributed by atoms with Crippen molar-refractivity contribution in [3.63, 3.8) is 0 Å². The summed E-state index contributed by atoms with van der Waals surface area (Å²) in [6, 6.07) is 22.0. The van der Waals surface area contributed by atoms with Gasteiger partial charge in [-0.05, 0) is 65.4 Å². The number of carbonyl (C=O) groups is 1. The Hall–Kier alpha value is -3.46. The Balaban J connectivity index is 1.27. The average Bonchev–Trinajstić information content (AvgIpc) is 2.88. The quantitative estimate of drug-likeness (QED) is 0.421. The summed E-state index contributed by atoms with van der Waals surface area (Å²) in [6.07, 6.45) is 1.67. The third-order valence-electron chi connectivity index (χ3n) is 6.15. The van der Waals surface area contributed by atoms with Crippen molar-refractivity contribution < 1.29 is 13.2 Å². The van der Waals surface area contributed by atoms with Crippen molar-refractivity contribution in [3.05, 3.63) is 106 Å². The fraction of sp³-hybridized carbons (Fsp3) is 0.154. The van der Waals surface area contributed by atoms with Gasteiger partial charge in [0.15, 0.2) is 0 Å². The number of carbonyl (C=O) groups excluding carboxylic acids is 1. The molecule has 0 radical (unpaired) electrons. The molecule has 3 aromatic carbocycles. The molecule has 7 nitrogen and oxygen atoms in total. The van der Waals surface area contributed by atoms with Crippen molar-refractivity contribution in [2.45, 2.75) is 4.90 Å². The fourth-order valence-corrected chi connectivity index (χ4v) is 5.86. The van der Waals surface area contributed by atoms with Gasteiger partial charge >= 0.3 is 0 Å². The Bertz CT molecular complexity index is 1570. The largest absolute Gasteiger partial charge is 0.336 e. The number of hydrogen-bond donors (Lipinski definition) is 0. The monoisotopic (exact) mass is 507 g/mol. The van der Waals surface area contributed by atoms with Crippen molar-refractivity contribution in [1.29, 1.82) is 0 Å². The third-order valence-corrected chi connectivity index (χ3v) is 8.28. The highest BCUT2D eigenvalue weighted by atomic mass is 35.5. The van der Waals surface area contributed by atoms with Gasteiger partial charge in [0.25, 0.3) is 11.5 Å². The molecule has 1 aliphatic rings. The van der Waals surface area contributed by atoms with Crippen LogP contribution in [0.3, 0.4) is 0 Å². The summed E-state index contributed by atoms with van der Waals surface area (Å²) in [5.74, 6) is -0.170. The van der Waals surface area contributed by atoms with Crippen LogP contribution in [-0.2, 0) is 10.0 Å². The van der Waals surface area contributed by atoms with Gasteiger partial charge in [-0.25, -0.2) is 8.42 Å². The van der Waals surface area contributed by atoms with E-state index in [1.54, 1.807) is 83.9 Å². The van der Waals surface area contributed by atoms with Crippen LogP contribution in [0.5, 0.6) is 0 Å². The lowest BCUT2D eigenvalue weighted by molar-refractivity contribution is 0.0698. The highest BCUT2D eigenvalue weighted by Gasteiger charge is 2.30. The number of benzene rings is 3. The second-order valence-corrected chi connectivity index (χ2v) is 10.7. The van der Waals surface area contributed by atoms with Gasteiger partial charge in [-0.15, -0.1) is 0 Å². The highest BCUT2D eigenvalue weighted by Crippen LogP contribution is 2.25. The molecule has 0 atom stereocenters. The molecule has 0 aliphatic carbocycles. The molecule has 0 saturated carbocycles. The van der Waals surface area contributed by atoms with Crippen molar-refractivity contribution in [2.75, 3.05) is 26.2 Å². The van der Waals surface area contributed by atoms with Gasteiger partial charge in [0.2, 0.25) is 10.0 Å². The molecule has 2 heterocycles. The first kappa shape index (κ1) is 23.3. The lowest BCUT2D eigenvalue weighted by atomic mass is 10.1. The summed E-state index contributed by atoms with van der Waals surface area (Å²) in [5.41, 5.74) is 1.00. The number of aromatic nitrogens is 1. The Kier molecular flexibility index (Phi) is 6.19. The minimum Gasteiger partial charge on any atom is -0.336 e. The number of piperazine rings is 1. The number of halogens is 1. The van der Waals surface area contributed by atoms with Gasteiger partial charge in [-0.3, -0.25) is 14.2 Å². The van der Waals surface area contributed by atoms with Crippen LogP contribution < -0.4 is 5.56 Å². The number of rotatable bonds is 4. The van der Waals surface area contributed by atoms with E-state index in [4.69, 9.17) is 11.6 Å². The molecule has 0 bridgehead atoms.